The highest BCUT2D eigenvalue weighted by Crippen LogP contribution is 2.30. The first-order valence-corrected chi connectivity index (χ1v) is 7.74. The minimum atomic E-state index is -4.55. The van der Waals surface area contributed by atoms with E-state index in [9.17, 15) is 27.9 Å². The number of rotatable bonds is 5. The number of anilines is 1. The van der Waals surface area contributed by atoms with E-state index in [-0.39, 0.29) is 18.7 Å². The van der Waals surface area contributed by atoms with Crippen molar-refractivity contribution in [3.8, 4) is 0 Å². The molecule has 2 amide bonds. The van der Waals surface area contributed by atoms with Crippen LogP contribution in [-0.2, 0) is 22.2 Å². The topological polar surface area (TPSA) is 78.4 Å². The highest BCUT2D eigenvalue weighted by atomic mass is 19.4. The van der Waals surface area contributed by atoms with Crippen molar-refractivity contribution in [3.05, 3.63) is 65.7 Å². The van der Waals surface area contributed by atoms with Crippen LogP contribution in [0.1, 0.15) is 11.1 Å². The van der Waals surface area contributed by atoms with Crippen LogP contribution in [-0.4, -0.2) is 29.6 Å². The lowest BCUT2D eigenvalue weighted by atomic mass is 10.1. The monoisotopic (exact) mass is 366 g/mol. The number of halogens is 3. The van der Waals surface area contributed by atoms with E-state index in [2.05, 4.69) is 10.6 Å². The molecule has 26 heavy (non-hydrogen) atoms. The molecule has 0 aromatic heterocycles. The van der Waals surface area contributed by atoms with E-state index >= 15 is 0 Å². The van der Waals surface area contributed by atoms with Crippen LogP contribution < -0.4 is 10.6 Å². The van der Waals surface area contributed by atoms with E-state index in [0.717, 1.165) is 23.8 Å². The molecule has 0 spiro atoms. The van der Waals surface area contributed by atoms with E-state index in [0.29, 0.717) is 0 Å². The molecule has 0 saturated heterocycles. The predicted octanol–water partition coefficient (Wildman–Crippen LogP) is 2.36. The fourth-order valence-electron chi connectivity index (χ4n) is 2.21. The van der Waals surface area contributed by atoms with Gasteiger partial charge in [-0.3, -0.25) is 9.59 Å². The molecule has 0 radical (unpaired) electrons. The molecule has 0 aliphatic carbocycles. The van der Waals surface area contributed by atoms with Gasteiger partial charge >= 0.3 is 18.0 Å². The van der Waals surface area contributed by atoms with Gasteiger partial charge < -0.3 is 15.7 Å². The van der Waals surface area contributed by atoms with Gasteiger partial charge in [0.05, 0.1) is 11.7 Å². The van der Waals surface area contributed by atoms with Crippen molar-refractivity contribution >= 4 is 17.5 Å². The third kappa shape index (κ3) is 5.89. The van der Waals surface area contributed by atoms with Crippen molar-refractivity contribution < 1.29 is 27.9 Å². The Bertz CT molecular complexity index is 764. The highest BCUT2D eigenvalue weighted by molar-refractivity contribution is 6.39. The maximum atomic E-state index is 12.6. The fraction of sp³-hybridized carbons (Fsp3) is 0.222. The Morgan fingerprint density at radius 1 is 1.00 bits per heavy atom. The molecule has 0 aliphatic rings. The molecule has 0 heterocycles. The van der Waals surface area contributed by atoms with Crippen LogP contribution in [0.3, 0.4) is 0 Å². The van der Waals surface area contributed by atoms with Crippen molar-refractivity contribution in [3.63, 3.8) is 0 Å². The zero-order chi connectivity index (χ0) is 19.2. The first-order chi connectivity index (χ1) is 12.3. The Balaban J connectivity index is 1.85. The number of hydrogen-bond acceptors (Lipinski definition) is 3. The smallest absolute Gasteiger partial charge is 0.391 e. The first kappa shape index (κ1) is 19.5. The van der Waals surface area contributed by atoms with E-state index < -0.39 is 29.7 Å². The standard InChI is InChI=1S/C18H17F3N2O3/c19-18(20,21)13-7-4-8-14(10-13)23-17(26)16(25)22-11-15(24)9-12-5-2-1-3-6-12/h1-8,10,15,24H,9,11H2,(H,22,25)(H,23,26). The molecule has 0 fully saturated rings. The number of carbonyl (C=O) groups is 2. The minimum absolute atomic E-state index is 0.148. The van der Waals surface area contributed by atoms with Gasteiger partial charge in [0.15, 0.2) is 0 Å². The Labute approximate surface area is 147 Å². The molecular weight excluding hydrogens is 349 g/mol. The van der Waals surface area contributed by atoms with Crippen LogP contribution in [0.25, 0.3) is 0 Å². The van der Waals surface area contributed by atoms with Gasteiger partial charge in [-0.1, -0.05) is 36.4 Å². The molecule has 2 aromatic rings. The summed E-state index contributed by atoms with van der Waals surface area (Å²) in [5.74, 6) is -2.16. The number of nitrogens with one attached hydrogen (secondary N) is 2. The second-order valence-corrected chi connectivity index (χ2v) is 5.59. The molecule has 1 atom stereocenters. The third-order valence-corrected chi connectivity index (χ3v) is 3.47. The fourth-order valence-corrected chi connectivity index (χ4v) is 2.21. The van der Waals surface area contributed by atoms with Crippen molar-refractivity contribution in [2.75, 3.05) is 11.9 Å². The molecule has 0 saturated carbocycles. The average Bonchev–Trinajstić information content (AvgIpc) is 2.60. The maximum Gasteiger partial charge on any atom is 0.416 e. The van der Waals surface area contributed by atoms with E-state index in [1.807, 2.05) is 30.3 Å². The molecule has 0 bridgehead atoms. The van der Waals surface area contributed by atoms with E-state index in [1.54, 1.807) is 0 Å². The van der Waals surface area contributed by atoms with Crippen molar-refractivity contribution in [2.45, 2.75) is 18.7 Å². The second kappa shape index (κ2) is 8.48. The number of benzene rings is 2. The summed E-state index contributed by atoms with van der Waals surface area (Å²) in [4.78, 5) is 23.5. The Kier molecular flexibility index (Phi) is 6.35. The molecule has 3 N–H and O–H groups in total. The number of hydrogen-bond donors (Lipinski definition) is 3. The molecule has 5 nitrogen and oxygen atoms in total. The minimum Gasteiger partial charge on any atom is -0.391 e. The summed E-state index contributed by atoms with van der Waals surface area (Å²) in [7, 11) is 0. The Morgan fingerprint density at radius 3 is 2.35 bits per heavy atom. The van der Waals surface area contributed by atoms with Crippen LogP contribution in [0.2, 0.25) is 0 Å². The van der Waals surface area contributed by atoms with Gasteiger partial charge in [-0.2, -0.15) is 13.2 Å². The average molecular weight is 366 g/mol. The molecular formula is C18H17F3N2O3. The van der Waals surface area contributed by atoms with Crippen LogP contribution in [0.15, 0.2) is 54.6 Å². The highest BCUT2D eigenvalue weighted by Gasteiger charge is 2.30. The predicted molar refractivity (Wildman–Crippen MR) is 89.2 cm³/mol. The van der Waals surface area contributed by atoms with E-state index in [1.165, 1.54) is 6.07 Å². The number of alkyl halides is 3. The normalized spacial score (nSPS) is 12.3. The van der Waals surface area contributed by atoms with Gasteiger partial charge in [-0.15, -0.1) is 0 Å². The molecule has 2 rings (SSSR count). The lowest BCUT2D eigenvalue weighted by Gasteiger charge is -2.12. The third-order valence-electron chi connectivity index (χ3n) is 3.47. The largest absolute Gasteiger partial charge is 0.416 e. The quantitative estimate of drug-likeness (QED) is 0.711. The van der Waals surface area contributed by atoms with Crippen LogP contribution in [0.5, 0.6) is 0 Å². The zero-order valence-corrected chi connectivity index (χ0v) is 13.6. The summed E-state index contributed by atoms with van der Waals surface area (Å²) in [5.41, 5.74) is -0.221. The van der Waals surface area contributed by atoms with Crippen LogP contribution in [0.4, 0.5) is 18.9 Å². The van der Waals surface area contributed by atoms with Crippen molar-refractivity contribution in [1.82, 2.24) is 5.32 Å². The number of aliphatic hydroxyl groups excluding tert-OH is 1. The van der Waals surface area contributed by atoms with E-state index in [4.69, 9.17) is 0 Å². The Morgan fingerprint density at radius 2 is 1.69 bits per heavy atom. The van der Waals surface area contributed by atoms with Gasteiger partial charge in [0.25, 0.3) is 0 Å². The lowest BCUT2D eigenvalue weighted by Crippen LogP contribution is -2.40. The summed E-state index contributed by atoms with van der Waals surface area (Å²) in [6.45, 7) is -0.163. The van der Waals surface area contributed by atoms with Gasteiger partial charge in [-0.25, -0.2) is 0 Å². The summed E-state index contributed by atoms with van der Waals surface area (Å²) in [5, 5.41) is 14.2. The lowest BCUT2D eigenvalue weighted by molar-refractivity contribution is -0.137. The summed E-state index contributed by atoms with van der Waals surface area (Å²) >= 11 is 0. The SMILES string of the molecule is O=C(NCC(O)Cc1ccccc1)C(=O)Nc1cccc(C(F)(F)F)c1. The van der Waals surface area contributed by atoms with Gasteiger partial charge in [0, 0.05) is 18.7 Å². The first-order valence-electron chi connectivity index (χ1n) is 7.74. The van der Waals surface area contributed by atoms with Crippen molar-refractivity contribution in [1.29, 1.82) is 0 Å². The second-order valence-electron chi connectivity index (χ2n) is 5.59. The van der Waals surface area contributed by atoms with Gasteiger partial charge in [-0.05, 0) is 23.8 Å². The summed E-state index contributed by atoms with van der Waals surface area (Å²) < 4.78 is 37.9. The van der Waals surface area contributed by atoms with Crippen LogP contribution in [0, 0.1) is 0 Å². The number of amides is 2. The zero-order valence-electron chi connectivity index (χ0n) is 13.6. The molecule has 8 heteroatoms. The molecule has 138 valence electrons. The van der Waals surface area contributed by atoms with Crippen LogP contribution >= 0.6 is 0 Å². The van der Waals surface area contributed by atoms with Crippen molar-refractivity contribution in [2.24, 2.45) is 0 Å². The number of carbonyl (C=O) groups excluding carboxylic acids is 2. The Hall–Kier alpha value is -2.87. The van der Waals surface area contributed by atoms with Gasteiger partial charge in [0.2, 0.25) is 0 Å². The maximum absolute atomic E-state index is 12.6. The summed E-state index contributed by atoms with van der Waals surface area (Å²) in [6, 6.07) is 13.0. The molecule has 1 unspecified atom stereocenters. The molecule has 0 aliphatic heterocycles. The number of aliphatic hydroxyl groups is 1. The summed E-state index contributed by atoms with van der Waals surface area (Å²) in [6.07, 6.45) is -5.16. The molecule has 2 aromatic carbocycles. The van der Waals surface area contributed by atoms with Gasteiger partial charge in [0.1, 0.15) is 0 Å².